The smallest absolute Gasteiger partial charge is 0.156 e. The molecule has 4 heteroatoms. The van der Waals surface area contributed by atoms with Crippen LogP contribution in [0.25, 0.3) is 0 Å². The first-order valence-electron chi connectivity index (χ1n) is 12.3. The van der Waals surface area contributed by atoms with Crippen LogP contribution in [-0.4, -0.2) is 41.8 Å². The number of allylic oxidation sites excluding steroid dienone is 2. The SMILES string of the molecule is CC#C[C@]1(O)CC[C@H]2[C@@H]3C[C@H](O)C4=CC(=O)CCC4=C3[C@@H](c3ccc(N(C)C)cc3)C[C@@]21C. The quantitative estimate of drug-likeness (QED) is 0.664. The van der Waals surface area contributed by atoms with Crippen LogP contribution in [-0.2, 0) is 4.79 Å². The van der Waals surface area contributed by atoms with E-state index in [-0.39, 0.29) is 29.0 Å². The number of hydrogen-bond acceptors (Lipinski definition) is 4. The van der Waals surface area contributed by atoms with Gasteiger partial charge in [-0.1, -0.05) is 30.6 Å². The molecular weight excluding hydrogens is 410 g/mol. The van der Waals surface area contributed by atoms with Gasteiger partial charge in [0.1, 0.15) is 5.60 Å². The van der Waals surface area contributed by atoms with E-state index < -0.39 is 11.7 Å². The van der Waals surface area contributed by atoms with Gasteiger partial charge in [0.05, 0.1) is 6.10 Å². The van der Waals surface area contributed by atoms with Crippen molar-refractivity contribution in [1.29, 1.82) is 0 Å². The Morgan fingerprint density at radius 1 is 1.15 bits per heavy atom. The van der Waals surface area contributed by atoms with E-state index >= 15 is 0 Å². The lowest BCUT2D eigenvalue weighted by molar-refractivity contribution is -0.115. The fraction of sp³-hybridized carbons (Fsp3) is 0.552. The van der Waals surface area contributed by atoms with Crippen molar-refractivity contribution in [2.75, 3.05) is 19.0 Å². The number of ketones is 1. The average molecular weight is 446 g/mol. The van der Waals surface area contributed by atoms with Crippen LogP contribution in [0.3, 0.4) is 0 Å². The molecule has 5 rings (SSSR count). The highest BCUT2D eigenvalue weighted by atomic mass is 16.3. The molecule has 0 aliphatic heterocycles. The Morgan fingerprint density at radius 3 is 2.55 bits per heavy atom. The number of carbonyl (C=O) groups is 1. The normalized spacial score (nSPS) is 37.4. The highest BCUT2D eigenvalue weighted by Crippen LogP contribution is 2.66. The van der Waals surface area contributed by atoms with Gasteiger partial charge in [-0.3, -0.25) is 4.79 Å². The number of hydrogen-bond donors (Lipinski definition) is 2. The molecule has 0 spiro atoms. The molecule has 174 valence electrons. The van der Waals surface area contributed by atoms with Crippen LogP contribution in [0.4, 0.5) is 5.69 Å². The van der Waals surface area contributed by atoms with Crippen LogP contribution < -0.4 is 4.90 Å². The Bertz CT molecular complexity index is 1100. The van der Waals surface area contributed by atoms with Crippen molar-refractivity contribution < 1.29 is 15.0 Å². The monoisotopic (exact) mass is 445 g/mol. The molecule has 0 aromatic heterocycles. The number of nitrogens with zero attached hydrogens (tertiary/aromatic N) is 1. The molecule has 2 N–H and O–H groups in total. The summed E-state index contributed by atoms with van der Waals surface area (Å²) >= 11 is 0. The zero-order valence-electron chi connectivity index (χ0n) is 20.2. The van der Waals surface area contributed by atoms with Crippen molar-refractivity contribution in [3.8, 4) is 11.8 Å². The number of anilines is 1. The van der Waals surface area contributed by atoms with Gasteiger partial charge < -0.3 is 15.1 Å². The third-order valence-corrected chi connectivity index (χ3v) is 9.08. The summed E-state index contributed by atoms with van der Waals surface area (Å²) in [6, 6.07) is 8.76. The Labute approximate surface area is 197 Å². The van der Waals surface area contributed by atoms with Crippen molar-refractivity contribution in [3.05, 3.63) is 52.6 Å². The molecule has 0 bridgehead atoms. The van der Waals surface area contributed by atoms with E-state index in [0.29, 0.717) is 25.7 Å². The second kappa shape index (κ2) is 7.86. The minimum Gasteiger partial charge on any atom is -0.388 e. The van der Waals surface area contributed by atoms with Crippen molar-refractivity contribution in [3.63, 3.8) is 0 Å². The summed E-state index contributed by atoms with van der Waals surface area (Å²) in [6.45, 7) is 4.03. The molecule has 0 unspecified atom stereocenters. The van der Waals surface area contributed by atoms with Gasteiger partial charge in [-0.2, -0.15) is 0 Å². The second-order valence-electron chi connectivity index (χ2n) is 10.9. The predicted octanol–water partition coefficient (Wildman–Crippen LogP) is 4.38. The van der Waals surface area contributed by atoms with Gasteiger partial charge in [0.25, 0.3) is 0 Å². The number of benzene rings is 1. The van der Waals surface area contributed by atoms with E-state index in [4.69, 9.17) is 0 Å². The molecule has 4 aliphatic rings. The summed E-state index contributed by atoms with van der Waals surface area (Å²) in [5.74, 6) is 6.93. The summed E-state index contributed by atoms with van der Waals surface area (Å²) in [5.41, 5.74) is 4.52. The average Bonchev–Trinajstić information content (AvgIpc) is 3.04. The molecule has 33 heavy (non-hydrogen) atoms. The van der Waals surface area contributed by atoms with E-state index in [1.54, 1.807) is 6.08 Å². The molecule has 4 aliphatic carbocycles. The van der Waals surface area contributed by atoms with Crippen molar-refractivity contribution in [2.45, 2.75) is 70.0 Å². The Hall–Kier alpha value is -2.35. The second-order valence-corrected chi connectivity index (χ2v) is 10.9. The highest BCUT2D eigenvalue weighted by Gasteiger charge is 2.63. The molecule has 1 aromatic carbocycles. The fourth-order valence-corrected chi connectivity index (χ4v) is 7.39. The highest BCUT2D eigenvalue weighted by molar-refractivity contribution is 5.93. The van der Waals surface area contributed by atoms with E-state index in [9.17, 15) is 15.0 Å². The maximum Gasteiger partial charge on any atom is 0.156 e. The molecule has 0 heterocycles. The summed E-state index contributed by atoms with van der Waals surface area (Å²) in [7, 11) is 4.09. The van der Waals surface area contributed by atoms with E-state index in [1.807, 2.05) is 21.0 Å². The first-order chi connectivity index (χ1) is 15.7. The van der Waals surface area contributed by atoms with Crippen molar-refractivity contribution in [2.24, 2.45) is 17.3 Å². The Balaban J connectivity index is 1.69. The third kappa shape index (κ3) is 3.32. The van der Waals surface area contributed by atoms with Gasteiger partial charge in [-0.15, -0.1) is 5.92 Å². The lowest BCUT2D eigenvalue weighted by atomic mass is 9.51. The zero-order chi connectivity index (χ0) is 23.5. The number of rotatable bonds is 2. The van der Waals surface area contributed by atoms with E-state index in [2.05, 4.69) is 47.9 Å². The topological polar surface area (TPSA) is 60.8 Å². The fourth-order valence-electron chi connectivity index (χ4n) is 7.39. The van der Waals surface area contributed by atoms with Crippen molar-refractivity contribution >= 4 is 11.5 Å². The van der Waals surface area contributed by atoms with Gasteiger partial charge in [-0.25, -0.2) is 0 Å². The van der Waals surface area contributed by atoms with Gasteiger partial charge in [-0.05, 0) is 85.8 Å². The first kappa shape index (κ1) is 22.4. The van der Waals surface area contributed by atoms with Crippen LogP contribution in [0.5, 0.6) is 0 Å². The summed E-state index contributed by atoms with van der Waals surface area (Å²) in [5, 5.41) is 22.8. The zero-order valence-corrected chi connectivity index (χ0v) is 20.2. The summed E-state index contributed by atoms with van der Waals surface area (Å²) in [4.78, 5) is 14.3. The lowest BCUT2D eigenvalue weighted by Crippen LogP contribution is -2.52. The van der Waals surface area contributed by atoms with Gasteiger partial charge >= 0.3 is 0 Å². The summed E-state index contributed by atoms with van der Waals surface area (Å²) in [6.07, 6.45) is 5.36. The first-order valence-corrected chi connectivity index (χ1v) is 12.3. The van der Waals surface area contributed by atoms with Crippen LogP contribution in [0.15, 0.2) is 47.1 Å². The Morgan fingerprint density at radius 2 is 1.88 bits per heavy atom. The van der Waals surface area contributed by atoms with Crippen LogP contribution in [0.1, 0.15) is 63.9 Å². The minimum atomic E-state index is -1.01. The third-order valence-electron chi connectivity index (χ3n) is 9.08. The number of carbonyl (C=O) groups excluding carboxylic acids is 1. The maximum atomic E-state index is 12.2. The molecule has 0 amide bonds. The van der Waals surface area contributed by atoms with Crippen molar-refractivity contribution in [1.82, 2.24) is 0 Å². The molecule has 0 saturated heterocycles. The van der Waals surface area contributed by atoms with Crippen LogP contribution in [0.2, 0.25) is 0 Å². The molecule has 4 nitrogen and oxygen atoms in total. The molecule has 1 aromatic rings. The number of aliphatic hydroxyl groups is 2. The molecular formula is C29H35NO3. The van der Waals surface area contributed by atoms with Crippen LogP contribution >= 0.6 is 0 Å². The maximum absolute atomic E-state index is 12.2. The molecule has 0 radical (unpaired) electrons. The van der Waals surface area contributed by atoms with Crippen LogP contribution in [0, 0.1) is 29.1 Å². The molecule has 2 fully saturated rings. The molecule has 6 atom stereocenters. The number of aliphatic hydroxyl groups excluding tert-OH is 1. The largest absolute Gasteiger partial charge is 0.388 e. The Kier molecular flexibility index (Phi) is 5.34. The van der Waals surface area contributed by atoms with Gasteiger partial charge in [0.15, 0.2) is 5.78 Å². The summed E-state index contributed by atoms with van der Waals surface area (Å²) < 4.78 is 0. The van der Waals surface area contributed by atoms with Gasteiger partial charge in [0, 0.05) is 37.5 Å². The lowest BCUT2D eigenvalue weighted by Gasteiger charge is -2.54. The molecule has 2 saturated carbocycles. The minimum absolute atomic E-state index is 0.118. The predicted molar refractivity (Wildman–Crippen MR) is 131 cm³/mol. The van der Waals surface area contributed by atoms with E-state index in [0.717, 1.165) is 24.1 Å². The van der Waals surface area contributed by atoms with E-state index in [1.165, 1.54) is 16.7 Å². The standard InChI is InChI=1S/C29H35NO3/c1-5-13-29(33)14-12-25-23-16-26(32)22-15-20(31)10-11-21(22)27(23)24(17-28(25,29)2)18-6-8-19(9-7-18)30(3)4/h6-9,15,23-26,32-33H,10-12,14,16-17H2,1-4H3/t23-,24+,25-,26-,28-,29-/m0/s1. The number of fused-ring (bicyclic) bond motifs is 4. The van der Waals surface area contributed by atoms with Gasteiger partial charge in [0.2, 0.25) is 0 Å².